The van der Waals surface area contributed by atoms with Gasteiger partial charge in [-0.2, -0.15) is 10.4 Å². The molecule has 0 bridgehead atoms. The Labute approximate surface area is 204 Å². The van der Waals surface area contributed by atoms with Crippen molar-refractivity contribution in [3.63, 3.8) is 0 Å². The van der Waals surface area contributed by atoms with Crippen molar-refractivity contribution in [2.45, 2.75) is 33.9 Å². The van der Waals surface area contributed by atoms with Crippen LogP contribution in [0.4, 0.5) is 4.39 Å². The lowest BCUT2D eigenvalue weighted by molar-refractivity contribution is -0.121. The molecule has 0 unspecified atom stereocenters. The molecule has 0 fully saturated rings. The molecule has 34 heavy (non-hydrogen) atoms. The second-order valence-corrected chi connectivity index (χ2v) is 8.41. The van der Waals surface area contributed by atoms with Crippen molar-refractivity contribution in [2.24, 2.45) is 5.10 Å². The number of aryl methyl sites for hydroxylation is 1. The molecule has 1 N–H and O–H groups in total. The topological polar surface area (TPSA) is 101 Å². The Bertz CT molecular complexity index is 1370. The summed E-state index contributed by atoms with van der Waals surface area (Å²) in [6, 6.07) is 9.95. The molecule has 0 aliphatic heterocycles. The number of hydrogen-bond donors (Lipinski definition) is 1. The van der Waals surface area contributed by atoms with Gasteiger partial charge in [0, 0.05) is 45.5 Å². The smallest absolute Gasteiger partial charge is 0.269 e. The summed E-state index contributed by atoms with van der Waals surface area (Å²) in [6.07, 6.45) is 1.51. The molecule has 0 spiro atoms. The zero-order valence-electron chi connectivity index (χ0n) is 19.1. The Balaban J connectivity index is 1.79. The number of rotatable bonds is 7. The third-order valence-corrected chi connectivity index (χ3v) is 6.45. The van der Waals surface area contributed by atoms with Crippen LogP contribution in [0.1, 0.15) is 33.8 Å². The number of hydrazone groups is 1. The van der Waals surface area contributed by atoms with Gasteiger partial charge in [-0.05, 0) is 67.0 Å². The van der Waals surface area contributed by atoms with Gasteiger partial charge in [-0.25, -0.2) is 9.82 Å². The number of halogens is 2. The van der Waals surface area contributed by atoms with E-state index in [1.165, 1.54) is 30.0 Å². The van der Waals surface area contributed by atoms with Crippen LogP contribution in [0.2, 0.25) is 0 Å². The highest BCUT2D eigenvalue weighted by atomic mass is 79.9. The normalized spacial score (nSPS) is 11.1. The molecule has 1 aromatic carbocycles. The first-order valence-corrected chi connectivity index (χ1v) is 11.1. The molecule has 0 aliphatic rings. The Morgan fingerprint density at radius 1 is 1.26 bits per heavy atom. The zero-order chi connectivity index (χ0) is 25.0. The number of carbonyl (C=O) groups is 1. The number of aromatic nitrogens is 2. The largest absolute Gasteiger partial charge is 0.380 e. The monoisotopic (exact) mass is 527 g/mol. The van der Waals surface area contributed by atoms with Gasteiger partial charge in [-0.3, -0.25) is 9.59 Å². The van der Waals surface area contributed by atoms with Crippen molar-refractivity contribution in [2.75, 3.05) is 7.11 Å². The van der Waals surface area contributed by atoms with Gasteiger partial charge in [0.15, 0.2) is 0 Å². The van der Waals surface area contributed by atoms with E-state index in [0.717, 1.165) is 22.6 Å². The summed E-state index contributed by atoms with van der Waals surface area (Å²) in [5, 5.41) is 13.5. The number of methoxy groups -OCH3 is 1. The van der Waals surface area contributed by atoms with Gasteiger partial charge in [0.1, 0.15) is 24.0 Å². The summed E-state index contributed by atoms with van der Waals surface area (Å²) in [6.45, 7) is 5.27. The maximum Gasteiger partial charge on any atom is 0.269 e. The molecule has 176 valence electrons. The lowest BCUT2D eigenvalue weighted by Gasteiger charge is -2.15. The highest BCUT2D eigenvalue weighted by Crippen LogP contribution is 2.23. The zero-order valence-corrected chi connectivity index (χ0v) is 20.7. The molecular weight excluding hydrogens is 505 g/mol. The second-order valence-electron chi connectivity index (χ2n) is 7.62. The van der Waals surface area contributed by atoms with E-state index in [-0.39, 0.29) is 24.5 Å². The summed E-state index contributed by atoms with van der Waals surface area (Å²) in [4.78, 5) is 25.3. The van der Waals surface area contributed by atoms with Crippen LogP contribution in [0.25, 0.3) is 5.69 Å². The van der Waals surface area contributed by atoms with Crippen molar-refractivity contribution in [1.82, 2.24) is 14.6 Å². The molecule has 2 aromatic heterocycles. The van der Waals surface area contributed by atoms with E-state index in [0.29, 0.717) is 15.7 Å². The van der Waals surface area contributed by atoms with Gasteiger partial charge in [0.2, 0.25) is 0 Å². The predicted molar refractivity (Wildman–Crippen MR) is 130 cm³/mol. The molecule has 8 nitrogen and oxygen atoms in total. The van der Waals surface area contributed by atoms with Crippen molar-refractivity contribution < 1.29 is 13.9 Å². The Kier molecular flexibility index (Phi) is 7.81. The minimum absolute atomic E-state index is 0.0798. The first kappa shape index (κ1) is 25.1. The third kappa shape index (κ3) is 5.00. The van der Waals surface area contributed by atoms with Gasteiger partial charge in [0.05, 0.1) is 12.8 Å². The summed E-state index contributed by atoms with van der Waals surface area (Å²) in [5.74, 6) is -0.837. The van der Waals surface area contributed by atoms with Crippen LogP contribution in [0.5, 0.6) is 0 Å². The van der Waals surface area contributed by atoms with Crippen LogP contribution >= 0.6 is 15.9 Å². The average Bonchev–Trinajstić information content (AvgIpc) is 3.09. The van der Waals surface area contributed by atoms with Crippen molar-refractivity contribution >= 4 is 28.1 Å². The number of nitrogens with zero attached hydrogens (tertiary/aromatic N) is 4. The second kappa shape index (κ2) is 10.6. The van der Waals surface area contributed by atoms with E-state index >= 15 is 0 Å². The average molecular weight is 528 g/mol. The molecule has 10 heteroatoms. The van der Waals surface area contributed by atoms with Crippen LogP contribution < -0.4 is 11.0 Å². The number of nitriles is 1. The lowest BCUT2D eigenvalue weighted by atomic mass is 10.1. The predicted octanol–water partition coefficient (Wildman–Crippen LogP) is 3.63. The number of ether oxygens (including phenoxy) is 1. The summed E-state index contributed by atoms with van der Waals surface area (Å²) in [7, 11) is 1.47. The number of amides is 1. The molecule has 3 aromatic rings. The lowest BCUT2D eigenvalue weighted by Crippen LogP contribution is -2.33. The Morgan fingerprint density at radius 3 is 2.56 bits per heavy atom. The van der Waals surface area contributed by atoms with E-state index in [2.05, 4.69) is 26.5 Å². The minimum Gasteiger partial charge on any atom is -0.380 e. The minimum atomic E-state index is -0.572. The number of pyridine rings is 1. The van der Waals surface area contributed by atoms with E-state index in [4.69, 9.17) is 4.74 Å². The summed E-state index contributed by atoms with van der Waals surface area (Å²) in [5.41, 5.74) is 6.08. The van der Waals surface area contributed by atoms with Crippen LogP contribution in [-0.4, -0.2) is 28.4 Å². The fourth-order valence-corrected chi connectivity index (χ4v) is 4.23. The number of nitrogens with one attached hydrogen (secondary N) is 1. The van der Waals surface area contributed by atoms with Gasteiger partial charge in [-0.1, -0.05) is 0 Å². The highest BCUT2D eigenvalue weighted by molar-refractivity contribution is 9.10. The Morgan fingerprint density at radius 2 is 1.94 bits per heavy atom. The summed E-state index contributed by atoms with van der Waals surface area (Å²) < 4.78 is 22.0. The van der Waals surface area contributed by atoms with Crippen LogP contribution in [0.3, 0.4) is 0 Å². The van der Waals surface area contributed by atoms with Crippen molar-refractivity contribution in [3.8, 4) is 11.8 Å². The standard InChI is InChI=1S/C24H23BrFN5O3/c1-14-9-17(15(2)31(14)19-7-5-18(26)6-8-19)11-28-29-22(32)12-30-16(3)23(25)21(13-34-4)20(10-27)24(30)33/h5-9,11H,12-13H2,1-4H3,(H,29,32)/b28-11+. The molecular formula is C24H23BrFN5O3. The number of hydrogen-bond acceptors (Lipinski definition) is 5. The quantitative estimate of drug-likeness (QED) is 0.374. The van der Waals surface area contributed by atoms with Crippen LogP contribution in [-0.2, 0) is 22.7 Å². The third-order valence-electron chi connectivity index (χ3n) is 5.40. The fraction of sp³-hybridized carbons (Fsp3) is 0.250. The molecule has 0 saturated carbocycles. The molecule has 2 heterocycles. The van der Waals surface area contributed by atoms with Gasteiger partial charge in [-0.15, -0.1) is 0 Å². The van der Waals surface area contributed by atoms with Gasteiger partial charge >= 0.3 is 0 Å². The number of benzene rings is 1. The SMILES string of the molecule is COCc1c(Br)c(C)n(CC(=O)N/N=C/c2cc(C)n(-c3ccc(F)cc3)c2C)c(=O)c1C#N. The molecule has 0 aliphatic carbocycles. The van der Waals surface area contributed by atoms with Gasteiger partial charge < -0.3 is 13.9 Å². The molecule has 1 amide bonds. The van der Waals surface area contributed by atoms with Crippen LogP contribution in [0, 0.1) is 37.9 Å². The fourth-order valence-electron chi connectivity index (χ4n) is 3.71. The first-order chi connectivity index (χ1) is 16.2. The first-order valence-electron chi connectivity index (χ1n) is 10.3. The molecule has 3 rings (SSSR count). The maximum absolute atomic E-state index is 13.3. The van der Waals surface area contributed by atoms with Crippen LogP contribution in [0.15, 0.2) is 44.7 Å². The van der Waals surface area contributed by atoms with E-state index in [9.17, 15) is 19.2 Å². The van der Waals surface area contributed by atoms with E-state index in [1.807, 2.05) is 30.6 Å². The van der Waals surface area contributed by atoms with E-state index in [1.54, 1.807) is 19.1 Å². The van der Waals surface area contributed by atoms with Crippen molar-refractivity contribution in [1.29, 1.82) is 5.26 Å². The molecule has 0 saturated heterocycles. The highest BCUT2D eigenvalue weighted by Gasteiger charge is 2.19. The van der Waals surface area contributed by atoms with E-state index < -0.39 is 11.5 Å². The molecule has 0 atom stereocenters. The molecule has 0 radical (unpaired) electrons. The summed E-state index contributed by atoms with van der Waals surface area (Å²) >= 11 is 3.40. The van der Waals surface area contributed by atoms with Crippen molar-refractivity contribution in [3.05, 3.63) is 84.7 Å². The number of carbonyl (C=O) groups excluding carboxylic acids is 1. The maximum atomic E-state index is 13.3. The van der Waals surface area contributed by atoms with Gasteiger partial charge in [0.25, 0.3) is 11.5 Å². The Hall–Kier alpha value is -3.55.